The van der Waals surface area contributed by atoms with Crippen LogP contribution < -0.4 is 0 Å². The predicted molar refractivity (Wildman–Crippen MR) is 305 cm³/mol. The SMILES string of the molecule is CCCCCCCCN1C(=O)c2sc3c(-c4cc5c(-c6ccc(CC(CC)CCCC)s6)c6oc(-c7ccccc7)cc6c(-c6ccc(CC(CC)CCCC)s6)c5o4)sc(-c4ccccc4)c3c2C1=O. The van der Waals surface area contributed by atoms with Crippen molar-refractivity contribution in [2.45, 2.75) is 137 Å². The van der Waals surface area contributed by atoms with Crippen molar-refractivity contribution in [3.05, 3.63) is 117 Å². The van der Waals surface area contributed by atoms with Gasteiger partial charge in [-0.05, 0) is 73.1 Å². The lowest BCUT2D eigenvalue weighted by Crippen LogP contribution is -2.30. The van der Waals surface area contributed by atoms with Crippen LogP contribution in [0.5, 0.6) is 0 Å². The molecular formula is C62H67NO4S4. The first-order valence-corrected chi connectivity index (χ1v) is 29.9. The lowest BCUT2D eigenvalue weighted by Gasteiger charge is -2.13. The number of rotatable bonds is 24. The number of furan rings is 2. The van der Waals surface area contributed by atoms with Crippen LogP contribution in [0.3, 0.4) is 0 Å². The molecule has 6 aromatic heterocycles. The van der Waals surface area contributed by atoms with Crippen molar-refractivity contribution < 1.29 is 18.4 Å². The predicted octanol–water partition coefficient (Wildman–Crippen LogP) is 20.4. The Hall–Kier alpha value is -5.06. The van der Waals surface area contributed by atoms with Gasteiger partial charge in [-0.3, -0.25) is 14.5 Å². The maximum absolute atomic E-state index is 14.5. The van der Waals surface area contributed by atoms with E-state index in [1.165, 1.54) is 106 Å². The van der Waals surface area contributed by atoms with E-state index in [-0.39, 0.29) is 11.8 Å². The van der Waals surface area contributed by atoms with Gasteiger partial charge >= 0.3 is 0 Å². The summed E-state index contributed by atoms with van der Waals surface area (Å²) in [5.41, 5.74) is 6.42. The molecule has 1 aliphatic heterocycles. The minimum Gasteiger partial charge on any atom is -0.455 e. The first-order chi connectivity index (χ1) is 34.8. The number of carbonyl (C=O) groups is 2. The van der Waals surface area contributed by atoms with Crippen LogP contribution in [0.25, 0.3) is 85.3 Å². The normalized spacial score (nSPS) is 13.7. The summed E-state index contributed by atoms with van der Waals surface area (Å²) in [5.74, 6) is 2.53. The standard InChI is InChI=1S/C62H67NO4S4/c1-6-11-14-15-16-23-34-63-61(64)54-53-57(42-28-21-18-22-29-42)70-58(59(53)71-60(54)62(63)65)48-38-46-52(50-33-31-44(69-50)36-40(10-5)25-13-8-3)55-45(37-47(66-55)41-26-19-17-20-27-41)51(56(46)67-48)49-32-30-43(68-49)35-39(9-4)24-12-7-2/h17-22,26-33,37-40H,6-16,23-25,34-36H2,1-5H3. The fourth-order valence-corrected chi connectivity index (χ4v) is 15.8. The molecule has 0 spiro atoms. The van der Waals surface area contributed by atoms with Gasteiger partial charge in [0.1, 0.15) is 27.6 Å². The van der Waals surface area contributed by atoms with Crippen LogP contribution in [0.2, 0.25) is 0 Å². The van der Waals surface area contributed by atoms with Crippen molar-refractivity contribution >= 4 is 89.2 Å². The summed E-state index contributed by atoms with van der Waals surface area (Å²) in [6.45, 7) is 11.9. The Morgan fingerprint density at radius 3 is 1.61 bits per heavy atom. The fourth-order valence-electron chi connectivity index (χ4n) is 10.7. The maximum Gasteiger partial charge on any atom is 0.271 e. The van der Waals surface area contributed by atoms with Gasteiger partial charge in [0.2, 0.25) is 0 Å². The highest BCUT2D eigenvalue weighted by Crippen LogP contribution is 2.56. The van der Waals surface area contributed by atoms with Crippen molar-refractivity contribution in [2.75, 3.05) is 6.54 Å². The zero-order valence-electron chi connectivity index (χ0n) is 42.1. The van der Waals surface area contributed by atoms with E-state index < -0.39 is 0 Å². The average molecular weight is 1020 g/mol. The highest BCUT2D eigenvalue weighted by atomic mass is 32.1. The quantitative estimate of drug-likeness (QED) is 0.0447. The topological polar surface area (TPSA) is 63.7 Å². The summed E-state index contributed by atoms with van der Waals surface area (Å²) in [7, 11) is 0. The third kappa shape index (κ3) is 9.93. The van der Waals surface area contributed by atoms with Gasteiger partial charge in [-0.25, -0.2) is 0 Å². The number of hydrogen-bond acceptors (Lipinski definition) is 8. The van der Waals surface area contributed by atoms with Crippen LogP contribution >= 0.6 is 45.3 Å². The molecule has 9 heteroatoms. The first-order valence-electron chi connectivity index (χ1n) is 26.6. The van der Waals surface area contributed by atoms with E-state index in [4.69, 9.17) is 8.83 Å². The van der Waals surface area contributed by atoms with Crippen LogP contribution in [0, 0.1) is 11.8 Å². The average Bonchev–Trinajstić information content (AvgIpc) is 4.28. The Morgan fingerprint density at radius 1 is 0.493 bits per heavy atom. The van der Waals surface area contributed by atoms with Crippen molar-refractivity contribution in [1.29, 1.82) is 0 Å². The third-order valence-corrected chi connectivity index (χ3v) is 19.7. The van der Waals surface area contributed by atoms with Gasteiger partial charge in [0, 0.05) is 63.8 Å². The molecule has 0 N–H and O–H groups in total. The van der Waals surface area contributed by atoms with Crippen LogP contribution in [-0.2, 0) is 12.8 Å². The number of carbonyl (C=O) groups excluding carboxylic acids is 2. The Kier molecular flexibility index (Phi) is 15.6. The van der Waals surface area contributed by atoms with Gasteiger partial charge in [-0.1, -0.05) is 179 Å². The number of hydrogen-bond donors (Lipinski definition) is 0. The number of nitrogens with zero attached hydrogens (tertiary/aromatic N) is 1. The molecule has 5 nitrogen and oxygen atoms in total. The van der Waals surface area contributed by atoms with Gasteiger partial charge in [-0.2, -0.15) is 0 Å². The maximum atomic E-state index is 14.5. The summed E-state index contributed by atoms with van der Waals surface area (Å²) in [5, 5.41) is 2.92. The van der Waals surface area contributed by atoms with Gasteiger partial charge in [0.15, 0.2) is 0 Å². The number of amides is 2. The van der Waals surface area contributed by atoms with Gasteiger partial charge in [0.05, 0.1) is 15.1 Å². The monoisotopic (exact) mass is 1020 g/mol. The summed E-state index contributed by atoms with van der Waals surface area (Å²) >= 11 is 6.89. The fraction of sp³-hybridized carbons (Fsp3) is 0.387. The van der Waals surface area contributed by atoms with Crippen molar-refractivity contribution in [3.8, 4) is 53.3 Å². The molecule has 0 bridgehead atoms. The summed E-state index contributed by atoms with van der Waals surface area (Å²) in [6, 6.07) is 34.6. The molecule has 71 heavy (non-hydrogen) atoms. The minimum atomic E-state index is -0.169. The second kappa shape index (κ2) is 22.4. The molecule has 0 saturated carbocycles. The van der Waals surface area contributed by atoms with Gasteiger partial charge in [0.25, 0.3) is 11.8 Å². The second-order valence-electron chi connectivity index (χ2n) is 19.8. The Morgan fingerprint density at radius 2 is 1.03 bits per heavy atom. The van der Waals surface area contributed by atoms with E-state index in [1.54, 1.807) is 11.3 Å². The zero-order valence-corrected chi connectivity index (χ0v) is 45.4. The molecule has 2 amide bonds. The van der Waals surface area contributed by atoms with E-state index in [0.717, 1.165) is 108 Å². The van der Waals surface area contributed by atoms with Crippen LogP contribution in [0.1, 0.15) is 154 Å². The molecular weight excluding hydrogens is 951 g/mol. The van der Waals surface area contributed by atoms with E-state index in [9.17, 15) is 9.59 Å². The summed E-state index contributed by atoms with van der Waals surface area (Å²) in [6.07, 6.45) is 18.5. The lowest BCUT2D eigenvalue weighted by atomic mass is 9.95. The molecule has 7 heterocycles. The first kappa shape index (κ1) is 49.5. The largest absolute Gasteiger partial charge is 0.455 e. The molecule has 0 saturated heterocycles. The third-order valence-electron chi connectivity index (χ3n) is 14.8. The zero-order chi connectivity index (χ0) is 49.0. The molecule has 0 aliphatic carbocycles. The molecule has 10 rings (SSSR count). The van der Waals surface area contributed by atoms with Gasteiger partial charge < -0.3 is 8.83 Å². The lowest BCUT2D eigenvalue weighted by molar-refractivity contribution is 0.0653. The van der Waals surface area contributed by atoms with Crippen molar-refractivity contribution in [2.24, 2.45) is 11.8 Å². The van der Waals surface area contributed by atoms with Crippen LogP contribution in [0.15, 0.2) is 106 Å². The van der Waals surface area contributed by atoms with Crippen LogP contribution in [0.4, 0.5) is 0 Å². The number of imide groups is 1. The number of fused-ring (bicyclic) bond motifs is 5. The Labute approximate surface area is 435 Å². The van der Waals surface area contributed by atoms with E-state index in [2.05, 4.69) is 113 Å². The molecule has 368 valence electrons. The summed E-state index contributed by atoms with van der Waals surface area (Å²) in [4.78, 5) is 37.9. The summed E-state index contributed by atoms with van der Waals surface area (Å²) < 4.78 is 15.6. The molecule has 2 atom stereocenters. The molecule has 0 fully saturated rings. The molecule has 9 aromatic rings. The van der Waals surface area contributed by atoms with E-state index >= 15 is 0 Å². The van der Waals surface area contributed by atoms with Crippen LogP contribution in [-0.4, -0.2) is 23.3 Å². The minimum absolute atomic E-state index is 0.166. The Bertz CT molecular complexity index is 3150. The number of benzene rings is 3. The highest BCUT2D eigenvalue weighted by molar-refractivity contribution is 7.30. The second-order valence-corrected chi connectivity index (χ2v) is 24.1. The molecule has 0 radical (unpaired) electrons. The molecule has 1 aliphatic rings. The number of thiophene rings is 4. The molecule has 3 aromatic carbocycles. The van der Waals surface area contributed by atoms with E-state index in [1.807, 2.05) is 40.9 Å². The smallest absolute Gasteiger partial charge is 0.271 e. The Balaban J connectivity index is 1.17. The van der Waals surface area contributed by atoms with Crippen molar-refractivity contribution in [1.82, 2.24) is 4.90 Å². The van der Waals surface area contributed by atoms with E-state index in [0.29, 0.717) is 28.8 Å². The van der Waals surface area contributed by atoms with Gasteiger partial charge in [-0.15, -0.1) is 45.3 Å². The molecule has 2 unspecified atom stereocenters. The number of unbranched alkanes of at least 4 members (excludes halogenated alkanes) is 7. The highest BCUT2D eigenvalue weighted by Gasteiger charge is 2.41. The van der Waals surface area contributed by atoms with Crippen molar-refractivity contribution in [3.63, 3.8) is 0 Å².